The molecule has 1 N–H and O–H groups in total. The Bertz CT molecular complexity index is 898. The molecule has 0 spiro atoms. The Hall–Kier alpha value is -2.40. The zero-order chi connectivity index (χ0) is 16.0. The van der Waals surface area contributed by atoms with Crippen molar-refractivity contribution in [3.63, 3.8) is 0 Å². The van der Waals surface area contributed by atoms with Crippen molar-refractivity contribution in [3.8, 4) is 0 Å². The molecule has 0 saturated heterocycles. The van der Waals surface area contributed by atoms with Crippen molar-refractivity contribution in [1.82, 2.24) is 15.0 Å². The van der Waals surface area contributed by atoms with Gasteiger partial charge >= 0.3 is 5.97 Å². The number of aromatic nitrogens is 3. The van der Waals surface area contributed by atoms with E-state index in [0.717, 1.165) is 11.5 Å². The molecule has 0 bridgehead atoms. The Morgan fingerprint density at radius 1 is 1.26 bits per heavy atom. The van der Waals surface area contributed by atoms with Crippen LogP contribution in [0.15, 0.2) is 36.4 Å². The van der Waals surface area contributed by atoms with E-state index < -0.39 is 5.97 Å². The second-order valence-electron chi connectivity index (χ2n) is 5.89. The number of aromatic carboxylic acids is 1. The van der Waals surface area contributed by atoms with Crippen molar-refractivity contribution in [2.45, 2.75) is 25.3 Å². The molecular formula is C17H14ClN3O2. The number of rotatable bonds is 4. The van der Waals surface area contributed by atoms with Gasteiger partial charge in [-0.15, -0.1) is 5.10 Å². The van der Waals surface area contributed by atoms with Gasteiger partial charge in [0.15, 0.2) is 0 Å². The highest BCUT2D eigenvalue weighted by Gasteiger charge is 2.23. The van der Waals surface area contributed by atoms with Crippen molar-refractivity contribution < 1.29 is 9.90 Å². The van der Waals surface area contributed by atoms with Crippen molar-refractivity contribution in [1.29, 1.82) is 0 Å². The van der Waals surface area contributed by atoms with Crippen LogP contribution in [0.25, 0.3) is 11.0 Å². The third-order valence-corrected chi connectivity index (χ3v) is 4.38. The number of carboxylic acid groups (broad SMARTS) is 1. The van der Waals surface area contributed by atoms with E-state index in [1.165, 1.54) is 24.5 Å². The van der Waals surface area contributed by atoms with Gasteiger partial charge in [-0.25, -0.2) is 9.48 Å². The average molecular weight is 328 g/mol. The van der Waals surface area contributed by atoms with Gasteiger partial charge in [-0.05, 0) is 42.0 Å². The molecule has 23 heavy (non-hydrogen) atoms. The van der Waals surface area contributed by atoms with Crippen molar-refractivity contribution in [3.05, 3.63) is 58.1 Å². The van der Waals surface area contributed by atoms with Gasteiger partial charge in [0.2, 0.25) is 0 Å². The molecule has 0 amide bonds. The third-order valence-electron chi connectivity index (χ3n) is 4.16. The molecule has 3 aromatic rings. The normalized spacial score (nSPS) is 14.3. The minimum atomic E-state index is -1.04. The zero-order valence-electron chi connectivity index (χ0n) is 12.2. The van der Waals surface area contributed by atoms with Gasteiger partial charge in [-0.3, -0.25) is 0 Å². The van der Waals surface area contributed by atoms with E-state index in [2.05, 4.69) is 34.6 Å². The summed E-state index contributed by atoms with van der Waals surface area (Å²) in [6.07, 6.45) is 2.55. The van der Waals surface area contributed by atoms with E-state index in [1.54, 1.807) is 10.7 Å². The predicted molar refractivity (Wildman–Crippen MR) is 87.0 cm³/mol. The summed E-state index contributed by atoms with van der Waals surface area (Å²) in [6.45, 7) is 0.476. The Labute approximate surface area is 137 Å². The monoisotopic (exact) mass is 327 g/mol. The summed E-state index contributed by atoms with van der Waals surface area (Å²) in [5.41, 5.74) is 3.53. The van der Waals surface area contributed by atoms with Crippen LogP contribution in [0.5, 0.6) is 0 Å². The number of carboxylic acids is 1. The molecule has 5 nitrogen and oxygen atoms in total. The molecule has 4 rings (SSSR count). The molecule has 1 aromatic heterocycles. The van der Waals surface area contributed by atoms with E-state index >= 15 is 0 Å². The predicted octanol–water partition coefficient (Wildman–Crippen LogP) is 3.71. The van der Waals surface area contributed by atoms with E-state index in [0.29, 0.717) is 22.6 Å². The maximum absolute atomic E-state index is 11.5. The maximum atomic E-state index is 11.5. The largest absolute Gasteiger partial charge is 0.478 e. The number of hydrogen-bond acceptors (Lipinski definition) is 3. The first-order chi connectivity index (χ1) is 11.1. The van der Waals surface area contributed by atoms with Crippen LogP contribution in [-0.2, 0) is 6.54 Å². The van der Waals surface area contributed by atoms with E-state index in [4.69, 9.17) is 11.6 Å². The molecule has 1 fully saturated rings. The lowest BCUT2D eigenvalue weighted by atomic mass is 10.1. The molecule has 0 aliphatic heterocycles. The van der Waals surface area contributed by atoms with Gasteiger partial charge in [0.1, 0.15) is 11.0 Å². The van der Waals surface area contributed by atoms with Crippen LogP contribution in [-0.4, -0.2) is 26.1 Å². The van der Waals surface area contributed by atoms with Gasteiger partial charge in [-0.1, -0.05) is 41.1 Å². The van der Waals surface area contributed by atoms with E-state index in [1.807, 2.05) is 0 Å². The number of hydrogen-bond donors (Lipinski definition) is 1. The number of fused-ring (bicyclic) bond motifs is 1. The van der Waals surface area contributed by atoms with Crippen LogP contribution in [0.3, 0.4) is 0 Å². The second kappa shape index (κ2) is 5.35. The highest BCUT2D eigenvalue weighted by atomic mass is 35.5. The summed E-state index contributed by atoms with van der Waals surface area (Å²) in [5.74, 6) is -0.317. The van der Waals surface area contributed by atoms with Gasteiger partial charge in [-0.2, -0.15) is 0 Å². The van der Waals surface area contributed by atoms with Crippen LogP contribution >= 0.6 is 11.6 Å². The minimum absolute atomic E-state index is 0.118. The molecule has 116 valence electrons. The summed E-state index contributed by atoms with van der Waals surface area (Å²) >= 11 is 5.95. The van der Waals surface area contributed by atoms with Crippen molar-refractivity contribution >= 4 is 28.6 Å². The van der Waals surface area contributed by atoms with E-state index in [-0.39, 0.29) is 5.56 Å². The van der Waals surface area contributed by atoms with Crippen molar-refractivity contribution in [2.75, 3.05) is 0 Å². The highest BCUT2D eigenvalue weighted by Crippen LogP contribution is 2.39. The first-order valence-corrected chi connectivity index (χ1v) is 7.84. The van der Waals surface area contributed by atoms with Gasteiger partial charge < -0.3 is 5.11 Å². The van der Waals surface area contributed by atoms with Gasteiger partial charge in [0.05, 0.1) is 12.1 Å². The first-order valence-electron chi connectivity index (χ1n) is 7.46. The standard InChI is InChI=1S/C17H14ClN3O2/c18-13-7-14(17(22)23)16-15(8-13)19-20-21(16)9-10-1-3-11(4-2-10)12-5-6-12/h1-4,7-8,12H,5-6,9H2,(H,22,23). The first kappa shape index (κ1) is 14.2. The Balaban J connectivity index is 1.72. The van der Waals surface area contributed by atoms with Gasteiger partial charge in [0.25, 0.3) is 0 Å². The zero-order valence-corrected chi connectivity index (χ0v) is 13.0. The summed E-state index contributed by atoms with van der Waals surface area (Å²) < 4.78 is 1.61. The molecule has 0 atom stereocenters. The van der Waals surface area contributed by atoms with Crippen LogP contribution in [0.4, 0.5) is 0 Å². The summed E-state index contributed by atoms with van der Waals surface area (Å²) in [7, 11) is 0. The maximum Gasteiger partial charge on any atom is 0.338 e. The highest BCUT2D eigenvalue weighted by molar-refractivity contribution is 6.31. The molecule has 0 radical (unpaired) electrons. The number of nitrogens with zero attached hydrogens (tertiary/aromatic N) is 3. The Kier molecular flexibility index (Phi) is 3.31. The fourth-order valence-electron chi connectivity index (χ4n) is 2.84. The fraction of sp³-hybridized carbons (Fsp3) is 0.235. The third kappa shape index (κ3) is 2.68. The lowest BCUT2D eigenvalue weighted by molar-refractivity contribution is 0.0698. The molecule has 1 aliphatic carbocycles. The topological polar surface area (TPSA) is 68.0 Å². The van der Waals surface area contributed by atoms with Crippen LogP contribution in [0.2, 0.25) is 5.02 Å². The van der Waals surface area contributed by atoms with Crippen LogP contribution < -0.4 is 0 Å². The minimum Gasteiger partial charge on any atom is -0.478 e. The summed E-state index contributed by atoms with van der Waals surface area (Å²) in [4.78, 5) is 11.5. The van der Waals surface area contributed by atoms with Gasteiger partial charge in [0, 0.05) is 5.02 Å². The smallest absolute Gasteiger partial charge is 0.338 e. The Morgan fingerprint density at radius 2 is 2.00 bits per heavy atom. The van der Waals surface area contributed by atoms with Crippen molar-refractivity contribution in [2.24, 2.45) is 0 Å². The van der Waals surface area contributed by atoms with Crippen LogP contribution in [0, 0.1) is 0 Å². The fourth-order valence-corrected chi connectivity index (χ4v) is 3.05. The lowest BCUT2D eigenvalue weighted by Gasteiger charge is -2.06. The Morgan fingerprint density at radius 3 is 2.65 bits per heavy atom. The number of halogens is 1. The summed E-state index contributed by atoms with van der Waals surface area (Å²) in [5, 5.41) is 17.9. The molecule has 6 heteroatoms. The van der Waals surface area contributed by atoms with E-state index in [9.17, 15) is 9.90 Å². The van der Waals surface area contributed by atoms with Crippen LogP contribution in [0.1, 0.15) is 40.2 Å². The number of carbonyl (C=O) groups is 1. The molecule has 1 saturated carbocycles. The molecule has 1 heterocycles. The molecular weight excluding hydrogens is 314 g/mol. The molecule has 2 aromatic carbocycles. The summed E-state index contributed by atoms with van der Waals surface area (Å²) in [6, 6.07) is 11.5. The molecule has 0 unspecified atom stereocenters. The number of benzene rings is 2. The average Bonchev–Trinajstić information content (AvgIpc) is 3.30. The second-order valence-corrected chi connectivity index (χ2v) is 6.33. The SMILES string of the molecule is O=C(O)c1cc(Cl)cc2nnn(Cc3ccc(C4CC4)cc3)c12. The molecule has 1 aliphatic rings. The lowest BCUT2D eigenvalue weighted by Crippen LogP contribution is -2.06. The quantitative estimate of drug-likeness (QED) is 0.793.